The van der Waals surface area contributed by atoms with Gasteiger partial charge in [0.2, 0.25) is 0 Å². The molecule has 4 aromatic rings. The Bertz CT molecular complexity index is 1510. The molecule has 0 bridgehead atoms. The molecule has 2 heterocycles. The molecule has 1 atom stereocenters. The smallest absolute Gasteiger partial charge is 0.262 e. The number of fused-ring (bicyclic) bond motifs is 3. The highest BCUT2D eigenvalue weighted by Gasteiger charge is 2.23. The largest absolute Gasteiger partial charge is 0.493 e. The van der Waals surface area contributed by atoms with Gasteiger partial charge >= 0.3 is 0 Å². The molecule has 1 N–H and O–H groups in total. The van der Waals surface area contributed by atoms with E-state index in [1.54, 1.807) is 30.6 Å². The van der Waals surface area contributed by atoms with E-state index in [0.717, 1.165) is 40.8 Å². The van der Waals surface area contributed by atoms with Crippen LogP contribution in [0.5, 0.6) is 11.5 Å². The van der Waals surface area contributed by atoms with Gasteiger partial charge in [0.25, 0.3) is 11.5 Å². The number of amides is 1. The Kier molecular flexibility index (Phi) is 7.32. The molecule has 0 fully saturated rings. The number of nitrogens with zero attached hydrogens (tertiary/aromatic N) is 3. The number of hydrogen-bond donors (Lipinski definition) is 1. The van der Waals surface area contributed by atoms with E-state index in [2.05, 4.69) is 22.4 Å². The first kappa shape index (κ1) is 24.7. The van der Waals surface area contributed by atoms with Gasteiger partial charge in [-0.25, -0.2) is 10.4 Å². The lowest BCUT2D eigenvalue weighted by atomic mass is 9.89. The van der Waals surface area contributed by atoms with Gasteiger partial charge in [-0.15, -0.1) is 11.3 Å². The second kappa shape index (κ2) is 11.0. The first-order valence-corrected chi connectivity index (χ1v) is 13.0. The van der Waals surface area contributed by atoms with Crippen molar-refractivity contribution in [2.75, 3.05) is 7.11 Å². The zero-order valence-electron chi connectivity index (χ0n) is 20.8. The molecule has 2 aromatic heterocycles. The normalized spacial score (nSPS) is 15.0. The summed E-state index contributed by atoms with van der Waals surface area (Å²) in [6, 6.07) is 15.3. The highest BCUT2D eigenvalue weighted by Crippen LogP contribution is 2.35. The van der Waals surface area contributed by atoms with Crippen LogP contribution >= 0.6 is 11.3 Å². The molecule has 1 aliphatic rings. The molecule has 9 heteroatoms. The molecule has 0 aliphatic heterocycles. The Morgan fingerprint density at radius 2 is 2.08 bits per heavy atom. The highest BCUT2D eigenvalue weighted by atomic mass is 32.1. The standard InChI is InChI=1S/C28H28N4O4S/c1-18-8-10-21-24(12-18)37-27-26(21)28(34)32(17-29-27)15-25(33)31-30-14-20-9-11-22(23(13-20)35-2)36-16-19-6-4-3-5-7-19/h3-7,9,11,13-14,17-18H,8,10,12,15-16H2,1-2H3,(H,31,33)/b30-14-/t18-/m1/s1. The number of methoxy groups -OCH3 is 1. The lowest BCUT2D eigenvalue weighted by Crippen LogP contribution is -2.30. The number of nitrogens with one attached hydrogen (secondary N) is 1. The fourth-order valence-corrected chi connectivity index (χ4v) is 5.81. The van der Waals surface area contributed by atoms with E-state index in [4.69, 9.17) is 9.47 Å². The molecule has 0 saturated carbocycles. The van der Waals surface area contributed by atoms with Crippen LogP contribution in [0.25, 0.3) is 10.2 Å². The van der Waals surface area contributed by atoms with E-state index in [1.807, 2.05) is 36.4 Å². The molecule has 0 saturated heterocycles. The van der Waals surface area contributed by atoms with Gasteiger partial charge in [-0.3, -0.25) is 14.2 Å². The number of thiophene rings is 1. The molecule has 0 unspecified atom stereocenters. The Morgan fingerprint density at radius 3 is 2.89 bits per heavy atom. The van der Waals surface area contributed by atoms with Crippen molar-refractivity contribution in [3.8, 4) is 11.5 Å². The van der Waals surface area contributed by atoms with E-state index < -0.39 is 5.91 Å². The van der Waals surface area contributed by atoms with Crippen molar-refractivity contribution in [1.29, 1.82) is 0 Å². The number of aryl methyl sites for hydroxylation is 1. The van der Waals surface area contributed by atoms with Crippen molar-refractivity contribution in [3.05, 3.63) is 86.8 Å². The molecule has 0 radical (unpaired) electrons. The zero-order chi connectivity index (χ0) is 25.8. The van der Waals surface area contributed by atoms with E-state index in [9.17, 15) is 9.59 Å². The van der Waals surface area contributed by atoms with Crippen molar-refractivity contribution in [1.82, 2.24) is 15.0 Å². The van der Waals surface area contributed by atoms with Gasteiger partial charge in [-0.05, 0) is 60.1 Å². The van der Waals surface area contributed by atoms with Gasteiger partial charge < -0.3 is 9.47 Å². The van der Waals surface area contributed by atoms with Gasteiger partial charge in [-0.2, -0.15) is 5.10 Å². The summed E-state index contributed by atoms with van der Waals surface area (Å²) in [5.74, 6) is 1.38. The van der Waals surface area contributed by atoms with Crippen molar-refractivity contribution >= 4 is 33.7 Å². The third kappa shape index (κ3) is 5.56. The first-order valence-electron chi connectivity index (χ1n) is 12.2. The summed E-state index contributed by atoms with van der Waals surface area (Å²) < 4.78 is 12.7. The number of rotatable bonds is 8. The second-order valence-electron chi connectivity index (χ2n) is 9.19. The van der Waals surface area contributed by atoms with Gasteiger partial charge in [-0.1, -0.05) is 37.3 Å². The van der Waals surface area contributed by atoms with E-state index in [-0.39, 0.29) is 12.1 Å². The second-order valence-corrected chi connectivity index (χ2v) is 10.3. The van der Waals surface area contributed by atoms with Crippen molar-refractivity contribution < 1.29 is 14.3 Å². The first-order chi connectivity index (χ1) is 18.0. The molecule has 2 aromatic carbocycles. The molecule has 5 rings (SSSR count). The van der Waals surface area contributed by atoms with Crippen LogP contribution in [0, 0.1) is 5.92 Å². The fourth-order valence-electron chi connectivity index (χ4n) is 4.47. The number of carbonyl (C=O) groups is 1. The number of hydrazone groups is 1. The Balaban J connectivity index is 1.22. The van der Waals surface area contributed by atoms with E-state index in [1.165, 1.54) is 22.0 Å². The maximum Gasteiger partial charge on any atom is 0.262 e. The van der Waals surface area contributed by atoms with Crippen LogP contribution in [0.1, 0.15) is 34.9 Å². The predicted octanol–water partition coefficient (Wildman–Crippen LogP) is 4.32. The quantitative estimate of drug-likeness (QED) is 0.278. The Labute approximate surface area is 218 Å². The van der Waals surface area contributed by atoms with Crippen LogP contribution in [-0.2, 0) is 30.8 Å². The summed E-state index contributed by atoms with van der Waals surface area (Å²) in [6.07, 6.45) is 5.89. The number of ether oxygens (including phenoxy) is 2. The van der Waals surface area contributed by atoms with Crippen molar-refractivity contribution in [3.63, 3.8) is 0 Å². The summed E-state index contributed by atoms with van der Waals surface area (Å²) in [5.41, 5.74) is 5.20. The maximum atomic E-state index is 13.1. The minimum atomic E-state index is -0.410. The lowest BCUT2D eigenvalue weighted by Gasteiger charge is -2.17. The van der Waals surface area contributed by atoms with Gasteiger partial charge in [0.05, 0.1) is 25.0 Å². The summed E-state index contributed by atoms with van der Waals surface area (Å²) >= 11 is 1.59. The topological polar surface area (TPSA) is 94.8 Å². The maximum absolute atomic E-state index is 13.1. The minimum absolute atomic E-state index is 0.157. The van der Waals surface area contributed by atoms with E-state index in [0.29, 0.717) is 29.4 Å². The van der Waals surface area contributed by atoms with Gasteiger partial charge in [0.1, 0.15) is 18.0 Å². The minimum Gasteiger partial charge on any atom is -0.493 e. The van der Waals surface area contributed by atoms with E-state index >= 15 is 0 Å². The number of benzene rings is 2. The van der Waals surface area contributed by atoms with Gasteiger partial charge in [0, 0.05) is 4.88 Å². The van der Waals surface area contributed by atoms with Crippen molar-refractivity contribution in [2.24, 2.45) is 11.0 Å². The molecular formula is C28H28N4O4S. The Morgan fingerprint density at radius 1 is 1.24 bits per heavy atom. The summed E-state index contributed by atoms with van der Waals surface area (Å²) in [6.45, 7) is 2.50. The van der Waals surface area contributed by atoms with Crippen LogP contribution in [0.3, 0.4) is 0 Å². The zero-order valence-corrected chi connectivity index (χ0v) is 21.6. The van der Waals surface area contributed by atoms with Gasteiger partial charge in [0.15, 0.2) is 11.5 Å². The SMILES string of the molecule is COc1cc(/C=N\NC(=O)Cn2cnc3sc4c(c3c2=O)CC[C@@H](C)C4)ccc1OCc1ccccc1. The summed E-state index contributed by atoms with van der Waals surface area (Å²) in [4.78, 5) is 32.1. The van der Waals surface area contributed by atoms with Crippen LogP contribution in [0.15, 0.2) is 64.8 Å². The average molecular weight is 517 g/mol. The third-order valence-electron chi connectivity index (χ3n) is 6.42. The molecule has 37 heavy (non-hydrogen) atoms. The predicted molar refractivity (Wildman–Crippen MR) is 145 cm³/mol. The molecule has 1 amide bonds. The third-order valence-corrected chi connectivity index (χ3v) is 7.59. The summed E-state index contributed by atoms with van der Waals surface area (Å²) in [5, 5.41) is 4.70. The number of aromatic nitrogens is 2. The van der Waals surface area contributed by atoms with Crippen LogP contribution in [-0.4, -0.2) is 28.8 Å². The molecule has 190 valence electrons. The molecule has 8 nitrogen and oxygen atoms in total. The van der Waals surface area contributed by atoms with Crippen LogP contribution < -0.4 is 20.5 Å². The fraction of sp³-hybridized carbons (Fsp3) is 0.286. The monoisotopic (exact) mass is 516 g/mol. The van der Waals surface area contributed by atoms with Crippen LogP contribution in [0.2, 0.25) is 0 Å². The van der Waals surface area contributed by atoms with Crippen molar-refractivity contribution in [2.45, 2.75) is 39.3 Å². The van der Waals surface area contributed by atoms with Crippen LogP contribution in [0.4, 0.5) is 0 Å². The highest BCUT2D eigenvalue weighted by molar-refractivity contribution is 7.18. The number of hydrogen-bond acceptors (Lipinski definition) is 7. The number of carbonyl (C=O) groups excluding carboxylic acids is 1. The Hall–Kier alpha value is -3.98. The molecule has 1 aliphatic carbocycles. The molecular weight excluding hydrogens is 488 g/mol. The average Bonchev–Trinajstić information content (AvgIpc) is 3.28. The summed E-state index contributed by atoms with van der Waals surface area (Å²) in [7, 11) is 1.57. The lowest BCUT2D eigenvalue weighted by molar-refractivity contribution is -0.121. The molecule has 0 spiro atoms.